The van der Waals surface area contributed by atoms with Crippen LogP contribution in [-0.2, 0) is 17.6 Å². The Morgan fingerprint density at radius 3 is 2.84 bits per heavy atom. The van der Waals surface area contributed by atoms with Gasteiger partial charge in [0, 0.05) is 24.7 Å². The first-order chi connectivity index (χ1) is 18.3. The number of carbonyl (C=O) groups excluding carboxylic acids is 1. The maximum Gasteiger partial charge on any atom is 0.320 e. The van der Waals surface area contributed by atoms with Gasteiger partial charge in [0.25, 0.3) is 5.91 Å². The van der Waals surface area contributed by atoms with Crippen LogP contribution in [0.3, 0.4) is 0 Å². The van der Waals surface area contributed by atoms with E-state index < -0.39 is 17.6 Å². The number of hydrogen-bond acceptors (Lipinski definition) is 7. The summed E-state index contributed by atoms with van der Waals surface area (Å²) < 4.78 is 34.5. The lowest BCUT2D eigenvalue weighted by molar-refractivity contribution is -0.118. The van der Waals surface area contributed by atoms with Crippen LogP contribution in [0.2, 0.25) is 0 Å². The highest BCUT2D eigenvalue weighted by atomic mass is 19.1. The van der Waals surface area contributed by atoms with Gasteiger partial charge < -0.3 is 20.3 Å². The van der Waals surface area contributed by atoms with Crippen molar-refractivity contribution >= 4 is 22.8 Å². The summed E-state index contributed by atoms with van der Waals surface area (Å²) in [5.74, 6) is -1.60. The third kappa shape index (κ3) is 5.45. The average molecular weight is 523 g/mol. The topological polar surface area (TPSA) is 92.3 Å². The molecule has 1 amide bonds. The summed E-state index contributed by atoms with van der Waals surface area (Å²) >= 11 is 0. The molecule has 0 spiro atoms. The molecular formula is C28H32F2N6O2. The van der Waals surface area contributed by atoms with E-state index in [2.05, 4.69) is 57.1 Å². The fourth-order valence-electron chi connectivity index (χ4n) is 5.30. The van der Waals surface area contributed by atoms with Crippen LogP contribution in [0, 0.1) is 11.7 Å². The first-order valence-electron chi connectivity index (χ1n) is 13.0. The number of amides is 1. The van der Waals surface area contributed by atoms with Gasteiger partial charge in [0.1, 0.15) is 23.9 Å². The number of likely N-dealkylation sites (tertiary alicyclic amines) is 1. The fourth-order valence-corrected chi connectivity index (χ4v) is 5.30. The Morgan fingerprint density at radius 1 is 1.24 bits per heavy atom. The second kappa shape index (κ2) is 11.0. The Morgan fingerprint density at radius 2 is 2.08 bits per heavy atom. The molecule has 200 valence electrons. The number of likely N-dealkylation sites (N-methyl/N-ethyl adjacent to an activating group) is 1. The Kier molecular flexibility index (Phi) is 7.51. The molecule has 2 N–H and O–H groups in total. The molecule has 1 aromatic carbocycles. The van der Waals surface area contributed by atoms with E-state index in [0.29, 0.717) is 29.4 Å². The van der Waals surface area contributed by atoms with Crippen LogP contribution in [0.15, 0.2) is 36.7 Å². The van der Waals surface area contributed by atoms with Crippen LogP contribution in [0.25, 0.3) is 22.3 Å². The average Bonchev–Trinajstić information content (AvgIpc) is 3.48. The number of pyridine rings is 1. The molecule has 1 aliphatic carbocycles. The Balaban J connectivity index is 1.47. The monoisotopic (exact) mass is 522 g/mol. The van der Waals surface area contributed by atoms with E-state index in [4.69, 9.17) is 4.74 Å². The molecule has 2 aliphatic rings. The van der Waals surface area contributed by atoms with Gasteiger partial charge in [-0.2, -0.15) is 9.97 Å². The Labute approximate surface area is 220 Å². The number of fused-ring (bicyclic) bond motifs is 2. The highest BCUT2D eigenvalue weighted by Gasteiger charge is 2.25. The van der Waals surface area contributed by atoms with Crippen LogP contribution >= 0.6 is 0 Å². The van der Waals surface area contributed by atoms with Gasteiger partial charge in [-0.25, -0.2) is 13.8 Å². The number of nitrogens with zero attached hydrogens (tertiary/aromatic N) is 4. The number of hydrogen-bond donors (Lipinski definition) is 2. The van der Waals surface area contributed by atoms with Gasteiger partial charge in [0.2, 0.25) is 0 Å². The number of anilines is 1. The summed E-state index contributed by atoms with van der Waals surface area (Å²) in [5.41, 5.74) is 3.69. The molecule has 1 fully saturated rings. The second-order valence-electron chi connectivity index (χ2n) is 10.2. The lowest BCUT2D eigenvalue weighted by Crippen LogP contribution is -2.31. The second-order valence-corrected chi connectivity index (χ2v) is 10.2. The lowest BCUT2D eigenvalue weighted by atomic mass is 9.99. The van der Waals surface area contributed by atoms with Gasteiger partial charge >= 0.3 is 6.01 Å². The summed E-state index contributed by atoms with van der Waals surface area (Å²) in [5, 5.41) is 5.87. The number of carbonyl (C=O) groups is 1. The van der Waals surface area contributed by atoms with Gasteiger partial charge in [-0.3, -0.25) is 4.79 Å². The van der Waals surface area contributed by atoms with E-state index in [1.165, 1.54) is 11.6 Å². The van der Waals surface area contributed by atoms with Crippen molar-refractivity contribution in [1.29, 1.82) is 0 Å². The van der Waals surface area contributed by atoms with Gasteiger partial charge in [0.05, 0.1) is 5.39 Å². The van der Waals surface area contributed by atoms with Crippen molar-refractivity contribution in [2.24, 2.45) is 5.92 Å². The first-order valence-corrected chi connectivity index (χ1v) is 13.0. The summed E-state index contributed by atoms with van der Waals surface area (Å²) in [7, 11) is 2.06. The molecule has 3 heterocycles. The minimum Gasteiger partial charge on any atom is -0.462 e. The number of rotatable bonds is 9. The third-order valence-electron chi connectivity index (χ3n) is 7.29. The Bertz CT molecular complexity index is 1380. The minimum atomic E-state index is -1.06. The van der Waals surface area contributed by atoms with Crippen molar-refractivity contribution in [1.82, 2.24) is 25.2 Å². The van der Waals surface area contributed by atoms with Gasteiger partial charge in [-0.05, 0) is 62.4 Å². The number of benzene rings is 1. The minimum absolute atomic E-state index is 0.110. The van der Waals surface area contributed by atoms with E-state index in [1.54, 1.807) is 0 Å². The summed E-state index contributed by atoms with van der Waals surface area (Å²) in [6, 6.07) is 7.72. The fraction of sp³-hybridized carbons (Fsp3) is 0.429. The van der Waals surface area contributed by atoms with Crippen molar-refractivity contribution < 1.29 is 18.3 Å². The quantitative estimate of drug-likeness (QED) is 0.324. The molecule has 3 aromatic rings. The van der Waals surface area contributed by atoms with Crippen molar-refractivity contribution in [3.8, 4) is 17.3 Å². The molecule has 0 saturated carbocycles. The van der Waals surface area contributed by atoms with Gasteiger partial charge in [0.15, 0.2) is 11.5 Å². The van der Waals surface area contributed by atoms with Crippen molar-refractivity contribution in [2.75, 3.05) is 38.6 Å². The summed E-state index contributed by atoms with van der Waals surface area (Å²) in [4.78, 5) is 27.4. The van der Waals surface area contributed by atoms with Crippen molar-refractivity contribution in [2.45, 2.75) is 38.6 Å². The van der Waals surface area contributed by atoms with Crippen LogP contribution in [0.4, 0.5) is 14.6 Å². The molecule has 0 radical (unpaired) electrons. The molecule has 0 bridgehead atoms. The van der Waals surface area contributed by atoms with Crippen LogP contribution in [0.1, 0.15) is 30.9 Å². The number of halogens is 2. The normalized spacial score (nSPS) is 18.9. The predicted molar refractivity (Wildman–Crippen MR) is 142 cm³/mol. The molecular weight excluding hydrogens is 490 g/mol. The molecule has 38 heavy (non-hydrogen) atoms. The SMILES string of the molecule is C=C(F)C(=O)NCCNc1nc(OC[C@@H]2CCCN2C)nc2nc(-c3cccc4c3CC(C)C4)c(F)cc12. The molecule has 1 saturated heterocycles. The molecule has 1 unspecified atom stereocenters. The van der Waals surface area contributed by atoms with E-state index in [0.717, 1.165) is 43.4 Å². The zero-order valence-electron chi connectivity index (χ0n) is 21.7. The van der Waals surface area contributed by atoms with Crippen molar-refractivity contribution in [3.05, 3.63) is 53.6 Å². The predicted octanol–water partition coefficient (Wildman–Crippen LogP) is 4.05. The van der Waals surface area contributed by atoms with E-state index in [9.17, 15) is 9.18 Å². The highest BCUT2D eigenvalue weighted by Crippen LogP contribution is 2.36. The number of nitrogens with one attached hydrogen (secondary N) is 2. The first kappa shape index (κ1) is 26.0. The molecule has 2 aromatic heterocycles. The van der Waals surface area contributed by atoms with Crippen LogP contribution in [-0.4, -0.2) is 65.1 Å². The Hall–Kier alpha value is -3.66. The molecule has 8 nitrogen and oxygen atoms in total. The van der Waals surface area contributed by atoms with Gasteiger partial charge in [-0.15, -0.1) is 0 Å². The zero-order chi connectivity index (χ0) is 26.8. The molecule has 1 aliphatic heterocycles. The number of aromatic nitrogens is 3. The van der Waals surface area contributed by atoms with E-state index in [1.807, 2.05) is 12.1 Å². The maximum atomic E-state index is 15.5. The molecule has 10 heteroatoms. The standard InChI is InChI=1S/C28H32F2N6O2/c1-16-12-18-6-4-8-20(21(18)13-16)24-23(30)14-22-25(31-9-10-32-27(37)17(2)29)34-28(35-26(22)33-24)38-15-19-7-5-11-36(19)3/h4,6,8,14,16,19H,2,5,7,9-13,15H2,1,3H3,(H,32,37)(H,31,33,34,35)/t16?,19-/m0/s1. The van der Waals surface area contributed by atoms with Crippen LogP contribution in [0.5, 0.6) is 6.01 Å². The molecule has 2 atom stereocenters. The van der Waals surface area contributed by atoms with Crippen LogP contribution < -0.4 is 15.4 Å². The largest absolute Gasteiger partial charge is 0.462 e. The lowest BCUT2D eigenvalue weighted by Gasteiger charge is -2.19. The highest BCUT2D eigenvalue weighted by molar-refractivity contribution is 5.91. The number of ether oxygens (including phenoxy) is 1. The van der Waals surface area contributed by atoms with Crippen molar-refractivity contribution in [3.63, 3.8) is 0 Å². The van der Waals surface area contributed by atoms with E-state index in [-0.39, 0.29) is 30.8 Å². The molecule has 5 rings (SSSR count). The van der Waals surface area contributed by atoms with Gasteiger partial charge in [-0.1, -0.05) is 31.7 Å². The smallest absolute Gasteiger partial charge is 0.320 e. The zero-order valence-corrected chi connectivity index (χ0v) is 21.7. The third-order valence-corrected chi connectivity index (χ3v) is 7.29. The summed E-state index contributed by atoms with van der Waals surface area (Å²) in [6.07, 6.45) is 3.98. The van der Waals surface area contributed by atoms with E-state index >= 15 is 4.39 Å². The maximum absolute atomic E-state index is 15.5. The summed E-state index contributed by atoms with van der Waals surface area (Å²) in [6.45, 7) is 6.93.